The van der Waals surface area contributed by atoms with E-state index in [-0.39, 0.29) is 24.6 Å². The van der Waals surface area contributed by atoms with Crippen molar-refractivity contribution in [2.75, 3.05) is 6.54 Å². The molecule has 0 fully saturated rings. The Balaban J connectivity index is 2.94. The molecule has 1 N–H and O–H groups in total. The summed E-state index contributed by atoms with van der Waals surface area (Å²) < 4.78 is 13.6. The quantitative estimate of drug-likeness (QED) is 0.861. The van der Waals surface area contributed by atoms with E-state index in [1.807, 2.05) is 13.8 Å². The summed E-state index contributed by atoms with van der Waals surface area (Å²) >= 11 is 0. The van der Waals surface area contributed by atoms with Crippen molar-refractivity contribution < 1.29 is 19.1 Å². The Labute approximate surface area is 111 Å². The zero-order chi connectivity index (χ0) is 14.4. The van der Waals surface area contributed by atoms with Crippen LogP contribution in [0.5, 0.6) is 0 Å². The molecule has 1 aromatic carbocycles. The van der Waals surface area contributed by atoms with Crippen molar-refractivity contribution >= 4 is 11.9 Å². The number of amides is 1. The maximum atomic E-state index is 13.6. The standard InChI is InChI=1S/C14H18FNO3/c1-3-10(2)16(9-8-13(17)18)14(19)11-6-4-5-7-12(11)15/h4-7,10H,3,8-9H2,1-2H3,(H,17,18). The van der Waals surface area contributed by atoms with Gasteiger partial charge in [0.25, 0.3) is 5.91 Å². The lowest BCUT2D eigenvalue weighted by Gasteiger charge is -2.28. The second-order valence-corrected chi connectivity index (χ2v) is 4.38. The number of carboxylic acids is 1. The molecule has 1 rings (SSSR count). The maximum absolute atomic E-state index is 13.6. The third kappa shape index (κ3) is 4.05. The minimum absolute atomic E-state index is 0.0202. The Morgan fingerprint density at radius 3 is 2.53 bits per heavy atom. The predicted molar refractivity (Wildman–Crippen MR) is 69.4 cm³/mol. The Hall–Kier alpha value is -1.91. The van der Waals surface area contributed by atoms with Gasteiger partial charge in [0.1, 0.15) is 5.82 Å². The summed E-state index contributed by atoms with van der Waals surface area (Å²) in [5.41, 5.74) is -0.0202. The minimum Gasteiger partial charge on any atom is -0.481 e. The number of carboxylic acid groups (broad SMARTS) is 1. The summed E-state index contributed by atoms with van der Waals surface area (Å²) in [5, 5.41) is 8.71. The average Bonchev–Trinajstić information content (AvgIpc) is 2.38. The van der Waals surface area contributed by atoms with Gasteiger partial charge in [-0.15, -0.1) is 0 Å². The molecular formula is C14H18FNO3. The molecule has 19 heavy (non-hydrogen) atoms. The molecule has 0 aliphatic carbocycles. The largest absolute Gasteiger partial charge is 0.481 e. The summed E-state index contributed by atoms with van der Waals surface area (Å²) in [6.45, 7) is 3.80. The van der Waals surface area contributed by atoms with E-state index in [0.717, 1.165) is 0 Å². The number of aliphatic carboxylic acids is 1. The van der Waals surface area contributed by atoms with Crippen LogP contribution in [0.4, 0.5) is 4.39 Å². The van der Waals surface area contributed by atoms with E-state index >= 15 is 0 Å². The van der Waals surface area contributed by atoms with E-state index in [0.29, 0.717) is 6.42 Å². The maximum Gasteiger partial charge on any atom is 0.305 e. The summed E-state index contributed by atoms with van der Waals surface area (Å²) in [5.74, 6) is -2.03. The van der Waals surface area contributed by atoms with E-state index in [4.69, 9.17) is 5.11 Å². The molecule has 0 aromatic heterocycles. The van der Waals surface area contributed by atoms with Crippen molar-refractivity contribution in [2.24, 2.45) is 0 Å². The van der Waals surface area contributed by atoms with Crippen LogP contribution in [0.1, 0.15) is 37.0 Å². The number of hydrogen-bond donors (Lipinski definition) is 1. The molecule has 1 atom stereocenters. The molecule has 5 heteroatoms. The Bertz CT molecular complexity index is 462. The van der Waals surface area contributed by atoms with Crippen LogP contribution >= 0.6 is 0 Å². The molecule has 0 aliphatic rings. The van der Waals surface area contributed by atoms with Crippen molar-refractivity contribution in [1.29, 1.82) is 0 Å². The summed E-state index contributed by atoms with van der Waals surface area (Å²) in [6, 6.07) is 5.60. The van der Waals surface area contributed by atoms with E-state index in [2.05, 4.69) is 0 Å². The highest BCUT2D eigenvalue weighted by molar-refractivity contribution is 5.94. The number of hydrogen-bond acceptors (Lipinski definition) is 2. The smallest absolute Gasteiger partial charge is 0.305 e. The highest BCUT2D eigenvalue weighted by atomic mass is 19.1. The fourth-order valence-electron chi connectivity index (χ4n) is 1.75. The van der Waals surface area contributed by atoms with Crippen LogP contribution in [0.2, 0.25) is 0 Å². The molecule has 4 nitrogen and oxygen atoms in total. The van der Waals surface area contributed by atoms with Crippen molar-refractivity contribution in [2.45, 2.75) is 32.7 Å². The first-order valence-corrected chi connectivity index (χ1v) is 6.24. The zero-order valence-corrected chi connectivity index (χ0v) is 11.1. The van der Waals surface area contributed by atoms with Gasteiger partial charge in [-0.3, -0.25) is 9.59 Å². The minimum atomic E-state index is -0.977. The Morgan fingerprint density at radius 2 is 2.00 bits per heavy atom. The molecule has 1 aromatic rings. The van der Waals surface area contributed by atoms with E-state index < -0.39 is 17.7 Å². The van der Waals surface area contributed by atoms with Crippen molar-refractivity contribution in [3.8, 4) is 0 Å². The van der Waals surface area contributed by atoms with Gasteiger partial charge in [-0.2, -0.15) is 0 Å². The van der Waals surface area contributed by atoms with Crippen LogP contribution in [0.3, 0.4) is 0 Å². The van der Waals surface area contributed by atoms with Gasteiger partial charge < -0.3 is 10.0 Å². The van der Waals surface area contributed by atoms with Crippen molar-refractivity contribution in [3.05, 3.63) is 35.6 Å². The van der Waals surface area contributed by atoms with Crippen LogP contribution in [0.25, 0.3) is 0 Å². The average molecular weight is 267 g/mol. The molecule has 104 valence electrons. The van der Waals surface area contributed by atoms with Gasteiger partial charge in [0.2, 0.25) is 0 Å². The van der Waals surface area contributed by atoms with Crippen LogP contribution in [0.15, 0.2) is 24.3 Å². The van der Waals surface area contributed by atoms with Crippen molar-refractivity contribution in [3.63, 3.8) is 0 Å². The van der Waals surface area contributed by atoms with E-state index in [1.54, 1.807) is 6.07 Å². The summed E-state index contributed by atoms with van der Waals surface area (Å²) in [4.78, 5) is 24.3. The van der Waals surface area contributed by atoms with Crippen molar-refractivity contribution in [1.82, 2.24) is 4.90 Å². The van der Waals surface area contributed by atoms with Gasteiger partial charge in [-0.1, -0.05) is 19.1 Å². The summed E-state index contributed by atoms with van der Waals surface area (Å²) in [7, 11) is 0. The van der Waals surface area contributed by atoms with Gasteiger partial charge in [0.05, 0.1) is 12.0 Å². The lowest BCUT2D eigenvalue weighted by atomic mass is 10.1. The first kappa shape index (κ1) is 15.1. The first-order valence-electron chi connectivity index (χ1n) is 6.24. The Morgan fingerprint density at radius 1 is 1.37 bits per heavy atom. The van der Waals surface area contributed by atoms with E-state index in [1.165, 1.54) is 23.1 Å². The lowest BCUT2D eigenvalue weighted by molar-refractivity contribution is -0.137. The number of halogens is 1. The van der Waals surface area contributed by atoms with Gasteiger partial charge >= 0.3 is 5.97 Å². The third-order valence-corrected chi connectivity index (χ3v) is 3.05. The van der Waals surface area contributed by atoms with E-state index in [9.17, 15) is 14.0 Å². The number of carbonyl (C=O) groups is 2. The summed E-state index contributed by atoms with van der Waals surface area (Å²) in [6.07, 6.45) is 0.532. The monoisotopic (exact) mass is 267 g/mol. The molecule has 1 amide bonds. The third-order valence-electron chi connectivity index (χ3n) is 3.05. The highest BCUT2D eigenvalue weighted by Gasteiger charge is 2.23. The fraction of sp³-hybridized carbons (Fsp3) is 0.429. The van der Waals surface area contributed by atoms with Crippen LogP contribution in [0, 0.1) is 5.82 Å². The number of nitrogens with zero attached hydrogens (tertiary/aromatic N) is 1. The molecule has 0 bridgehead atoms. The number of benzene rings is 1. The van der Waals surface area contributed by atoms with Crippen LogP contribution in [-0.4, -0.2) is 34.5 Å². The van der Waals surface area contributed by atoms with Gasteiger partial charge in [0.15, 0.2) is 0 Å². The SMILES string of the molecule is CCC(C)N(CCC(=O)O)C(=O)c1ccccc1F. The molecule has 0 heterocycles. The normalized spacial score (nSPS) is 11.9. The first-order chi connectivity index (χ1) is 8.97. The second-order valence-electron chi connectivity index (χ2n) is 4.38. The molecule has 0 radical (unpaired) electrons. The van der Waals surface area contributed by atoms with Crippen LogP contribution < -0.4 is 0 Å². The zero-order valence-electron chi connectivity index (χ0n) is 11.1. The van der Waals surface area contributed by atoms with Gasteiger partial charge in [0, 0.05) is 12.6 Å². The molecule has 0 saturated heterocycles. The lowest BCUT2D eigenvalue weighted by Crippen LogP contribution is -2.40. The molecule has 0 spiro atoms. The molecule has 0 aliphatic heterocycles. The van der Waals surface area contributed by atoms with Gasteiger partial charge in [-0.25, -0.2) is 4.39 Å². The molecule has 0 saturated carbocycles. The number of rotatable bonds is 6. The fourth-order valence-corrected chi connectivity index (χ4v) is 1.75. The highest BCUT2D eigenvalue weighted by Crippen LogP contribution is 2.14. The predicted octanol–water partition coefficient (Wildman–Crippen LogP) is 2.54. The number of carbonyl (C=O) groups excluding carboxylic acids is 1. The second kappa shape index (κ2) is 6.87. The topological polar surface area (TPSA) is 57.6 Å². The molecular weight excluding hydrogens is 249 g/mol. The molecule has 1 unspecified atom stereocenters. The van der Waals surface area contributed by atoms with Crippen LogP contribution in [-0.2, 0) is 4.79 Å². The van der Waals surface area contributed by atoms with Gasteiger partial charge in [-0.05, 0) is 25.5 Å². The Kier molecular flexibility index (Phi) is 5.48.